The van der Waals surface area contributed by atoms with Crippen molar-refractivity contribution in [3.8, 4) is 0 Å². The minimum atomic E-state index is 0.218. The molecule has 0 amide bonds. The molecule has 0 aromatic carbocycles. The summed E-state index contributed by atoms with van der Waals surface area (Å²) in [6.07, 6.45) is 3.66. The molecule has 2 unspecified atom stereocenters. The smallest absolute Gasteiger partial charge is 0.134 e. The van der Waals surface area contributed by atoms with Crippen molar-refractivity contribution in [2.45, 2.75) is 43.1 Å². The Hall–Kier alpha value is -0.0200. The molecule has 1 aliphatic carbocycles. The van der Waals surface area contributed by atoms with Crippen molar-refractivity contribution in [3.63, 3.8) is 0 Å². The Kier molecular flexibility index (Phi) is 4.09. The van der Waals surface area contributed by atoms with Gasteiger partial charge >= 0.3 is 0 Å². The molecular weight excluding hydrogens is 172 g/mol. The van der Waals surface area contributed by atoms with Gasteiger partial charge in [0.05, 0.1) is 6.61 Å². The van der Waals surface area contributed by atoms with Crippen LogP contribution in [0.4, 0.5) is 0 Å². The molecule has 2 atom stereocenters. The van der Waals surface area contributed by atoms with Gasteiger partial charge in [0.1, 0.15) is 5.78 Å². The van der Waals surface area contributed by atoms with Crippen LogP contribution in [0.25, 0.3) is 0 Å². The summed E-state index contributed by atoms with van der Waals surface area (Å²) in [5.74, 6) is 0.392. The Balaban J connectivity index is 2.27. The first-order valence-electron chi connectivity index (χ1n) is 4.50. The van der Waals surface area contributed by atoms with E-state index in [4.69, 9.17) is 5.11 Å². The molecule has 0 spiro atoms. The second kappa shape index (κ2) is 4.87. The van der Waals surface area contributed by atoms with Crippen LogP contribution in [0.1, 0.15) is 32.6 Å². The summed E-state index contributed by atoms with van der Waals surface area (Å²) in [7, 11) is 0. The van der Waals surface area contributed by atoms with Gasteiger partial charge in [0, 0.05) is 23.3 Å². The standard InChI is InChI=1S/C9H16O2S/c1-7(6-10)12-9-4-2-3-8(11)5-9/h7,9-10H,2-6H2,1H3. The molecule has 0 aromatic heterocycles. The Labute approximate surface area is 77.7 Å². The van der Waals surface area contributed by atoms with E-state index in [1.54, 1.807) is 11.8 Å². The number of carbonyl (C=O) groups excluding carboxylic acids is 1. The predicted octanol–water partition coefficient (Wildman–Crippen LogP) is 1.61. The summed E-state index contributed by atoms with van der Waals surface area (Å²) in [6, 6.07) is 0. The monoisotopic (exact) mass is 188 g/mol. The molecule has 1 N–H and O–H groups in total. The van der Waals surface area contributed by atoms with Crippen LogP contribution in [0.2, 0.25) is 0 Å². The number of aliphatic hydroxyl groups excluding tert-OH is 1. The van der Waals surface area contributed by atoms with Crippen LogP contribution in [0.3, 0.4) is 0 Å². The predicted molar refractivity (Wildman–Crippen MR) is 51.4 cm³/mol. The highest BCUT2D eigenvalue weighted by molar-refractivity contribution is 8.00. The van der Waals surface area contributed by atoms with Gasteiger partial charge in [0.25, 0.3) is 0 Å². The van der Waals surface area contributed by atoms with Crippen LogP contribution >= 0.6 is 11.8 Å². The van der Waals surface area contributed by atoms with Crippen LogP contribution in [-0.4, -0.2) is 28.0 Å². The fraction of sp³-hybridized carbons (Fsp3) is 0.889. The number of Topliss-reactive ketones (excluding diaryl/α,β-unsaturated/α-hetero) is 1. The number of aliphatic hydroxyl groups is 1. The normalized spacial score (nSPS) is 27.2. The summed E-state index contributed by atoms with van der Waals surface area (Å²) in [6.45, 7) is 2.22. The maximum atomic E-state index is 11.1. The number of rotatable bonds is 3. The topological polar surface area (TPSA) is 37.3 Å². The molecule has 0 radical (unpaired) electrons. The molecule has 2 nitrogen and oxygen atoms in total. The third-order valence-corrected chi connectivity index (χ3v) is 3.52. The lowest BCUT2D eigenvalue weighted by molar-refractivity contribution is -0.120. The maximum absolute atomic E-state index is 11.1. The number of hydrogen-bond donors (Lipinski definition) is 1. The van der Waals surface area contributed by atoms with E-state index in [2.05, 4.69) is 0 Å². The van der Waals surface area contributed by atoms with E-state index in [1.807, 2.05) is 6.92 Å². The van der Waals surface area contributed by atoms with Gasteiger partial charge in [-0.1, -0.05) is 6.92 Å². The summed E-state index contributed by atoms with van der Waals surface area (Å²) >= 11 is 1.75. The highest BCUT2D eigenvalue weighted by Gasteiger charge is 2.21. The van der Waals surface area contributed by atoms with E-state index in [-0.39, 0.29) is 11.9 Å². The first kappa shape index (κ1) is 10.1. The van der Waals surface area contributed by atoms with Crippen LogP contribution in [-0.2, 0) is 4.79 Å². The number of carbonyl (C=O) groups is 1. The van der Waals surface area contributed by atoms with Gasteiger partial charge in [0.15, 0.2) is 0 Å². The van der Waals surface area contributed by atoms with Gasteiger partial charge in [-0.05, 0) is 12.8 Å². The van der Waals surface area contributed by atoms with Gasteiger partial charge in [-0.2, -0.15) is 11.8 Å². The molecule has 1 saturated carbocycles. The third-order valence-electron chi connectivity index (χ3n) is 2.12. The number of hydrogen-bond acceptors (Lipinski definition) is 3. The molecule has 1 aliphatic rings. The van der Waals surface area contributed by atoms with Crippen molar-refractivity contribution in [2.24, 2.45) is 0 Å². The van der Waals surface area contributed by atoms with E-state index in [1.165, 1.54) is 0 Å². The summed E-state index contributed by atoms with van der Waals surface area (Å²) in [5, 5.41) is 9.57. The van der Waals surface area contributed by atoms with Gasteiger partial charge in [-0.3, -0.25) is 4.79 Å². The molecular formula is C9H16O2S. The van der Waals surface area contributed by atoms with E-state index in [0.29, 0.717) is 11.0 Å². The molecule has 0 heterocycles. The lowest BCUT2D eigenvalue weighted by Crippen LogP contribution is -2.20. The quantitative estimate of drug-likeness (QED) is 0.731. The first-order chi connectivity index (χ1) is 5.72. The minimum absolute atomic E-state index is 0.218. The van der Waals surface area contributed by atoms with Crippen molar-refractivity contribution in [1.29, 1.82) is 0 Å². The van der Waals surface area contributed by atoms with Crippen molar-refractivity contribution >= 4 is 17.5 Å². The van der Waals surface area contributed by atoms with E-state index < -0.39 is 0 Å². The zero-order chi connectivity index (χ0) is 8.97. The molecule has 3 heteroatoms. The molecule has 0 bridgehead atoms. The van der Waals surface area contributed by atoms with Crippen molar-refractivity contribution < 1.29 is 9.90 Å². The van der Waals surface area contributed by atoms with Gasteiger partial charge in [-0.25, -0.2) is 0 Å². The van der Waals surface area contributed by atoms with Gasteiger partial charge in [-0.15, -0.1) is 0 Å². The summed E-state index contributed by atoms with van der Waals surface area (Å²) in [4.78, 5) is 11.1. The van der Waals surface area contributed by atoms with Crippen LogP contribution in [0.5, 0.6) is 0 Å². The third kappa shape index (κ3) is 3.15. The second-order valence-electron chi connectivity index (χ2n) is 3.39. The van der Waals surface area contributed by atoms with Gasteiger partial charge in [0.2, 0.25) is 0 Å². The Morgan fingerprint density at radius 3 is 3.08 bits per heavy atom. The Morgan fingerprint density at radius 1 is 1.75 bits per heavy atom. The fourth-order valence-corrected chi connectivity index (χ4v) is 2.80. The van der Waals surface area contributed by atoms with E-state index >= 15 is 0 Å². The molecule has 0 aromatic rings. The Morgan fingerprint density at radius 2 is 2.50 bits per heavy atom. The van der Waals surface area contributed by atoms with Crippen LogP contribution in [0, 0.1) is 0 Å². The summed E-state index contributed by atoms with van der Waals surface area (Å²) < 4.78 is 0. The zero-order valence-corrected chi connectivity index (χ0v) is 8.27. The average molecular weight is 188 g/mol. The van der Waals surface area contributed by atoms with Crippen molar-refractivity contribution in [1.82, 2.24) is 0 Å². The van der Waals surface area contributed by atoms with E-state index in [0.717, 1.165) is 25.7 Å². The molecule has 70 valence electrons. The summed E-state index contributed by atoms with van der Waals surface area (Å²) in [5.41, 5.74) is 0. The molecule has 0 aliphatic heterocycles. The largest absolute Gasteiger partial charge is 0.395 e. The lowest BCUT2D eigenvalue weighted by atomic mass is 9.99. The van der Waals surface area contributed by atoms with Crippen LogP contribution < -0.4 is 0 Å². The maximum Gasteiger partial charge on any atom is 0.134 e. The second-order valence-corrected chi connectivity index (χ2v) is 5.13. The van der Waals surface area contributed by atoms with Crippen LogP contribution in [0.15, 0.2) is 0 Å². The van der Waals surface area contributed by atoms with Crippen molar-refractivity contribution in [3.05, 3.63) is 0 Å². The molecule has 1 fully saturated rings. The average Bonchev–Trinajstić information content (AvgIpc) is 2.04. The highest BCUT2D eigenvalue weighted by atomic mass is 32.2. The van der Waals surface area contributed by atoms with Crippen molar-refractivity contribution in [2.75, 3.05) is 6.61 Å². The fourth-order valence-electron chi connectivity index (χ4n) is 1.47. The molecule has 1 rings (SSSR count). The lowest BCUT2D eigenvalue weighted by Gasteiger charge is -2.22. The zero-order valence-electron chi connectivity index (χ0n) is 7.45. The highest BCUT2D eigenvalue weighted by Crippen LogP contribution is 2.29. The molecule has 0 saturated heterocycles. The Bertz CT molecular complexity index is 159. The first-order valence-corrected chi connectivity index (χ1v) is 5.44. The number of ketones is 1. The van der Waals surface area contributed by atoms with Gasteiger partial charge < -0.3 is 5.11 Å². The van der Waals surface area contributed by atoms with E-state index in [9.17, 15) is 4.79 Å². The SMILES string of the molecule is CC(CO)SC1CCCC(=O)C1. The minimum Gasteiger partial charge on any atom is -0.395 e. The number of thioether (sulfide) groups is 1. The molecule has 12 heavy (non-hydrogen) atoms.